The van der Waals surface area contributed by atoms with Crippen LogP contribution in [0.25, 0.3) is 0 Å². The summed E-state index contributed by atoms with van der Waals surface area (Å²) in [6, 6.07) is 3.67. The quantitative estimate of drug-likeness (QED) is 0.309. The Labute approximate surface area is 185 Å². The van der Waals surface area contributed by atoms with E-state index in [4.69, 9.17) is 20.9 Å². The molecule has 0 aliphatic carbocycles. The molecule has 2 fully saturated rings. The Morgan fingerprint density at radius 2 is 1.35 bits per heavy atom. The SMILES string of the molecule is CCCCC1(SC2(CCCC)NN(c3cc[nH]n3)C(N)O2)NN(c2cc[nH]n2)C(N)O1. The normalized spacial score (nSPS) is 31.1. The number of ether oxygens (including phenoxy) is 2. The number of nitrogens with two attached hydrogens (primary N) is 2. The molecule has 4 atom stereocenters. The summed E-state index contributed by atoms with van der Waals surface area (Å²) >= 11 is 1.51. The Hall–Kier alpha value is -1.87. The molecule has 2 aliphatic heterocycles. The van der Waals surface area contributed by atoms with Gasteiger partial charge in [-0.25, -0.2) is 10.0 Å². The first-order valence-corrected chi connectivity index (χ1v) is 11.5. The van der Waals surface area contributed by atoms with Crippen LogP contribution in [0.2, 0.25) is 0 Å². The molecule has 0 spiro atoms. The van der Waals surface area contributed by atoms with Gasteiger partial charge >= 0.3 is 0 Å². The zero-order valence-corrected chi connectivity index (χ0v) is 18.7. The largest absolute Gasteiger partial charge is 0.311 e. The second kappa shape index (κ2) is 9.32. The highest BCUT2D eigenvalue weighted by Crippen LogP contribution is 2.47. The molecule has 2 aliphatic rings. The fourth-order valence-electron chi connectivity index (χ4n) is 3.70. The number of hydrogen-bond donors (Lipinski definition) is 6. The van der Waals surface area contributed by atoms with Gasteiger partial charge in [-0.3, -0.25) is 21.7 Å². The maximum absolute atomic E-state index is 6.33. The molecular formula is C18H32N10O2S. The summed E-state index contributed by atoms with van der Waals surface area (Å²) in [6.07, 6.45) is 7.45. The lowest BCUT2D eigenvalue weighted by atomic mass is 10.2. The van der Waals surface area contributed by atoms with E-state index in [0.717, 1.165) is 38.5 Å². The second-order valence-electron chi connectivity index (χ2n) is 7.66. The summed E-state index contributed by atoms with van der Waals surface area (Å²) in [5.41, 5.74) is 19.6. The standard InChI is InChI=1S/C18H32N10O2S/c1-3-5-9-17(25-27(15(19)29-17)13-7-11-21-23-13)31-18(10-6-4-2)26-28(16(20)30-18)14-8-12-22-24-14/h7-8,11-12,15-16,25-26H,3-6,9-10,19-20H2,1-2H3,(H,21,23)(H,22,24). The van der Waals surface area contributed by atoms with Crippen molar-refractivity contribution >= 4 is 23.4 Å². The minimum Gasteiger partial charge on any atom is -0.311 e. The number of hydrazine groups is 2. The number of unbranched alkanes of at least 4 members (excludes halogenated alkanes) is 2. The Balaban J connectivity index is 1.60. The van der Waals surface area contributed by atoms with Crippen molar-refractivity contribution in [2.45, 2.75) is 75.2 Å². The number of aromatic amines is 2. The van der Waals surface area contributed by atoms with Crippen molar-refractivity contribution in [3.63, 3.8) is 0 Å². The number of nitrogens with zero attached hydrogens (tertiary/aromatic N) is 4. The van der Waals surface area contributed by atoms with Crippen LogP contribution in [0.3, 0.4) is 0 Å². The summed E-state index contributed by atoms with van der Waals surface area (Å²) in [4.78, 5) is 0. The molecular weight excluding hydrogens is 420 g/mol. The fraction of sp³-hybridized carbons (Fsp3) is 0.667. The van der Waals surface area contributed by atoms with Gasteiger partial charge in [-0.15, -0.1) is 0 Å². The van der Waals surface area contributed by atoms with Gasteiger partial charge in [-0.05, 0) is 12.8 Å². The lowest BCUT2D eigenvalue weighted by molar-refractivity contribution is -0.0124. The summed E-state index contributed by atoms with van der Waals surface area (Å²) in [6.45, 7) is 4.29. The molecule has 0 bridgehead atoms. The van der Waals surface area contributed by atoms with Crippen LogP contribution in [0, 0.1) is 0 Å². The summed E-state index contributed by atoms with van der Waals surface area (Å²) in [5, 5.41) is 15.9. The lowest BCUT2D eigenvalue weighted by Crippen LogP contribution is -2.53. The highest BCUT2D eigenvalue weighted by molar-refractivity contribution is 8.01. The van der Waals surface area contributed by atoms with Crippen molar-refractivity contribution in [2.24, 2.45) is 11.5 Å². The van der Waals surface area contributed by atoms with Crippen LogP contribution in [0.15, 0.2) is 24.5 Å². The van der Waals surface area contributed by atoms with Crippen molar-refractivity contribution in [2.75, 3.05) is 10.0 Å². The minimum atomic E-state index is -0.823. The highest BCUT2D eigenvalue weighted by atomic mass is 32.2. The monoisotopic (exact) mass is 452 g/mol. The third kappa shape index (κ3) is 4.67. The first-order chi connectivity index (χ1) is 15.0. The van der Waals surface area contributed by atoms with Crippen molar-refractivity contribution in [1.29, 1.82) is 0 Å². The first kappa shape index (κ1) is 22.3. The molecule has 4 unspecified atom stereocenters. The van der Waals surface area contributed by atoms with Gasteiger partial charge in [0.15, 0.2) is 21.7 Å². The van der Waals surface area contributed by atoms with E-state index in [1.165, 1.54) is 11.8 Å². The lowest BCUT2D eigenvalue weighted by Gasteiger charge is -2.37. The molecule has 0 aromatic carbocycles. The van der Waals surface area contributed by atoms with Gasteiger partial charge in [-0.1, -0.05) is 38.5 Å². The van der Waals surface area contributed by atoms with Crippen LogP contribution in [0.1, 0.15) is 52.4 Å². The maximum atomic E-state index is 6.33. The molecule has 2 saturated heterocycles. The van der Waals surface area contributed by atoms with Gasteiger partial charge in [-0.2, -0.15) is 21.0 Å². The molecule has 4 heterocycles. The van der Waals surface area contributed by atoms with Crippen LogP contribution in [0.5, 0.6) is 0 Å². The van der Waals surface area contributed by atoms with E-state index >= 15 is 0 Å². The van der Waals surface area contributed by atoms with E-state index in [0.29, 0.717) is 11.6 Å². The van der Waals surface area contributed by atoms with Gasteiger partial charge in [0.25, 0.3) is 0 Å². The molecule has 2 aromatic rings. The van der Waals surface area contributed by atoms with Gasteiger partial charge in [0, 0.05) is 37.4 Å². The molecule has 12 nitrogen and oxygen atoms in total. The van der Waals surface area contributed by atoms with Crippen LogP contribution < -0.4 is 32.3 Å². The Morgan fingerprint density at radius 3 is 1.71 bits per heavy atom. The van der Waals surface area contributed by atoms with Crippen LogP contribution in [-0.2, 0) is 9.47 Å². The summed E-state index contributed by atoms with van der Waals surface area (Å²) in [7, 11) is 0. The Kier molecular flexibility index (Phi) is 6.71. The zero-order valence-electron chi connectivity index (χ0n) is 17.9. The van der Waals surface area contributed by atoms with E-state index in [1.54, 1.807) is 22.4 Å². The molecule has 0 radical (unpaired) electrons. The van der Waals surface area contributed by atoms with Crippen LogP contribution >= 0.6 is 11.8 Å². The zero-order chi connectivity index (χ0) is 21.9. The number of H-pyrrole nitrogens is 2. The number of thioether (sulfide) groups is 1. The number of nitrogens with one attached hydrogen (secondary N) is 4. The molecule has 172 valence electrons. The third-order valence-electron chi connectivity index (χ3n) is 5.23. The Bertz CT molecular complexity index is 742. The predicted octanol–water partition coefficient (Wildman–Crippen LogP) is 1.42. The highest BCUT2D eigenvalue weighted by Gasteiger charge is 2.54. The van der Waals surface area contributed by atoms with Gasteiger partial charge in [0.1, 0.15) is 0 Å². The average Bonchev–Trinajstić information content (AvgIpc) is 3.53. The van der Waals surface area contributed by atoms with Crippen molar-refractivity contribution in [3.8, 4) is 0 Å². The fourth-order valence-corrected chi connectivity index (χ4v) is 5.31. The maximum Gasteiger partial charge on any atom is 0.202 e. The van der Waals surface area contributed by atoms with Crippen LogP contribution in [-0.4, -0.2) is 43.2 Å². The molecule has 2 aromatic heterocycles. The van der Waals surface area contributed by atoms with E-state index in [2.05, 4.69) is 45.1 Å². The number of anilines is 2. The number of hydrogen-bond acceptors (Lipinski definition) is 11. The summed E-state index contributed by atoms with van der Waals surface area (Å²) in [5.74, 6) is 1.31. The molecule has 0 amide bonds. The smallest absolute Gasteiger partial charge is 0.202 e. The van der Waals surface area contributed by atoms with Crippen molar-refractivity contribution in [3.05, 3.63) is 24.5 Å². The number of rotatable bonds is 10. The van der Waals surface area contributed by atoms with Gasteiger partial charge in [0.2, 0.25) is 12.7 Å². The van der Waals surface area contributed by atoms with Gasteiger partial charge < -0.3 is 9.47 Å². The number of aromatic nitrogens is 4. The van der Waals surface area contributed by atoms with E-state index < -0.39 is 22.8 Å². The molecule has 31 heavy (non-hydrogen) atoms. The third-order valence-corrected chi connectivity index (χ3v) is 6.67. The van der Waals surface area contributed by atoms with E-state index in [-0.39, 0.29) is 0 Å². The van der Waals surface area contributed by atoms with Crippen LogP contribution in [0.4, 0.5) is 11.6 Å². The Morgan fingerprint density at radius 1 is 0.903 bits per heavy atom. The van der Waals surface area contributed by atoms with Crippen molar-refractivity contribution in [1.82, 2.24) is 31.2 Å². The summed E-state index contributed by atoms with van der Waals surface area (Å²) < 4.78 is 12.6. The molecule has 4 rings (SSSR count). The predicted molar refractivity (Wildman–Crippen MR) is 119 cm³/mol. The van der Waals surface area contributed by atoms with E-state index in [1.807, 2.05) is 12.1 Å². The first-order valence-electron chi connectivity index (χ1n) is 10.7. The van der Waals surface area contributed by atoms with E-state index in [9.17, 15) is 0 Å². The minimum absolute atomic E-state index is 0.657. The molecule has 0 saturated carbocycles. The average molecular weight is 453 g/mol. The second-order valence-corrected chi connectivity index (χ2v) is 9.18. The topological polar surface area (TPSA) is 158 Å². The molecule has 8 N–H and O–H groups in total. The van der Waals surface area contributed by atoms with Gasteiger partial charge in [0.05, 0.1) is 0 Å². The molecule has 13 heteroatoms. The van der Waals surface area contributed by atoms with Crippen molar-refractivity contribution < 1.29 is 9.47 Å².